The molecule has 0 amide bonds. The lowest BCUT2D eigenvalue weighted by Gasteiger charge is -2.07. The Morgan fingerprint density at radius 2 is 2.13 bits per heavy atom. The van der Waals surface area contributed by atoms with Gasteiger partial charge in [-0.1, -0.05) is 15.9 Å². The van der Waals surface area contributed by atoms with Gasteiger partial charge in [-0.2, -0.15) is 9.65 Å². The molecule has 1 heterocycles. The Labute approximate surface area is 92.9 Å². The van der Waals surface area contributed by atoms with E-state index >= 15 is 0 Å². The summed E-state index contributed by atoms with van der Waals surface area (Å²) in [6.45, 7) is 0. The molecule has 0 spiro atoms. The molecule has 0 aliphatic rings. The summed E-state index contributed by atoms with van der Waals surface area (Å²) < 4.78 is 37.9. The maximum atomic E-state index is 13.1. The number of nitrogens with zero attached hydrogens (tertiary/aromatic N) is 2. The summed E-state index contributed by atoms with van der Waals surface area (Å²) >= 11 is 3.01. The third-order valence-electron chi connectivity index (χ3n) is 1.78. The first-order chi connectivity index (χ1) is 7.10. The Morgan fingerprint density at radius 1 is 1.47 bits per heavy atom. The maximum Gasteiger partial charge on any atom is 0.280 e. The topological polar surface area (TPSA) is 36.7 Å². The summed E-state index contributed by atoms with van der Waals surface area (Å²) in [4.78, 5) is 3.16. The van der Waals surface area contributed by atoms with Crippen molar-refractivity contribution in [2.24, 2.45) is 0 Å². The van der Waals surface area contributed by atoms with Crippen molar-refractivity contribution in [3.63, 3.8) is 0 Å². The SMILES string of the molecule is N#CCc1cc(CBr)c(C(F)F)nc1F. The van der Waals surface area contributed by atoms with Crippen LogP contribution in [0.1, 0.15) is 23.2 Å². The third-order valence-corrected chi connectivity index (χ3v) is 2.39. The molecular formula is C9H6BrF3N2. The van der Waals surface area contributed by atoms with Crippen molar-refractivity contribution in [3.05, 3.63) is 28.8 Å². The Kier molecular flexibility index (Phi) is 4.09. The molecule has 0 atom stereocenters. The van der Waals surface area contributed by atoms with Crippen molar-refractivity contribution in [1.29, 1.82) is 5.26 Å². The zero-order chi connectivity index (χ0) is 11.4. The van der Waals surface area contributed by atoms with Gasteiger partial charge in [0.25, 0.3) is 6.43 Å². The van der Waals surface area contributed by atoms with Gasteiger partial charge in [-0.05, 0) is 11.6 Å². The fourth-order valence-electron chi connectivity index (χ4n) is 1.10. The molecule has 0 unspecified atom stereocenters. The molecule has 0 aliphatic heterocycles. The number of hydrogen-bond donors (Lipinski definition) is 0. The van der Waals surface area contributed by atoms with Crippen LogP contribution in [-0.2, 0) is 11.8 Å². The highest BCUT2D eigenvalue weighted by Gasteiger charge is 2.17. The lowest BCUT2D eigenvalue weighted by atomic mass is 10.1. The van der Waals surface area contributed by atoms with E-state index in [0.717, 1.165) is 0 Å². The van der Waals surface area contributed by atoms with Crippen molar-refractivity contribution >= 4 is 15.9 Å². The Hall–Kier alpha value is -1.09. The van der Waals surface area contributed by atoms with E-state index in [1.165, 1.54) is 6.07 Å². The van der Waals surface area contributed by atoms with Crippen molar-refractivity contribution in [1.82, 2.24) is 4.98 Å². The molecule has 6 heteroatoms. The average molecular weight is 279 g/mol. The standard InChI is InChI=1S/C9H6BrF3N2/c10-4-6-3-5(1-2-14)9(13)15-7(6)8(11)12/h3,8H,1,4H2. The highest BCUT2D eigenvalue weighted by atomic mass is 79.9. The van der Waals surface area contributed by atoms with Crippen LogP contribution in [0.15, 0.2) is 6.07 Å². The highest BCUT2D eigenvalue weighted by Crippen LogP contribution is 2.24. The largest absolute Gasteiger partial charge is 0.280 e. The number of halogens is 4. The zero-order valence-electron chi connectivity index (χ0n) is 7.48. The molecule has 0 fully saturated rings. The first kappa shape index (κ1) is 12.0. The van der Waals surface area contributed by atoms with E-state index in [1.54, 1.807) is 6.07 Å². The number of pyridine rings is 1. The van der Waals surface area contributed by atoms with Gasteiger partial charge in [0.15, 0.2) is 0 Å². The molecule has 0 N–H and O–H groups in total. The fraction of sp³-hybridized carbons (Fsp3) is 0.333. The molecule has 1 aromatic heterocycles. The van der Waals surface area contributed by atoms with Crippen LogP contribution in [0.4, 0.5) is 13.2 Å². The van der Waals surface area contributed by atoms with E-state index in [-0.39, 0.29) is 22.9 Å². The molecule has 0 bridgehead atoms. The van der Waals surface area contributed by atoms with Crippen LogP contribution in [0.2, 0.25) is 0 Å². The lowest BCUT2D eigenvalue weighted by molar-refractivity contribution is 0.143. The van der Waals surface area contributed by atoms with Gasteiger partial charge in [0.05, 0.1) is 12.5 Å². The summed E-state index contributed by atoms with van der Waals surface area (Å²) in [5.41, 5.74) is -0.334. The van der Waals surface area contributed by atoms with Crippen LogP contribution in [0.5, 0.6) is 0 Å². The second-order valence-electron chi connectivity index (χ2n) is 2.75. The normalized spacial score (nSPS) is 10.4. The quantitative estimate of drug-likeness (QED) is 0.629. The fourth-order valence-corrected chi connectivity index (χ4v) is 1.55. The van der Waals surface area contributed by atoms with Crippen molar-refractivity contribution in [2.75, 3.05) is 0 Å². The van der Waals surface area contributed by atoms with Gasteiger partial charge in [-0.15, -0.1) is 0 Å². The van der Waals surface area contributed by atoms with Crippen LogP contribution in [0.3, 0.4) is 0 Å². The van der Waals surface area contributed by atoms with Crippen molar-refractivity contribution in [3.8, 4) is 6.07 Å². The van der Waals surface area contributed by atoms with E-state index in [0.29, 0.717) is 0 Å². The van der Waals surface area contributed by atoms with Crippen LogP contribution >= 0.6 is 15.9 Å². The summed E-state index contributed by atoms with van der Waals surface area (Å²) in [6, 6.07) is 2.98. The smallest absolute Gasteiger partial charge is 0.218 e. The lowest BCUT2D eigenvalue weighted by Crippen LogP contribution is -2.03. The molecule has 15 heavy (non-hydrogen) atoms. The minimum absolute atomic E-state index is 0.0383. The molecule has 80 valence electrons. The molecule has 0 saturated carbocycles. The number of hydrogen-bond acceptors (Lipinski definition) is 2. The summed E-state index contributed by atoms with van der Waals surface area (Å²) in [5, 5.41) is 8.53. The van der Waals surface area contributed by atoms with Gasteiger partial charge in [0.2, 0.25) is 5.95 Å². The second kappa shape index (κ2) is 5.12. The Bertz CT molecular complexity index is 401. The monoisotopic (exact) mass is 278 g/mol. The average Bonchev–Trinajstić information content (AvgIpc) is 2.20. The zero-order valence-corrected chi connectivity index (χ0v) is 9.06. The number of nitriles is 1. The molecule has 2 nitrogen and oxygen atoms in total. The molecule has 1 rings (SSSR count). The third kappa shape index (κ3) is 2.69. The van der Waals surface area contributed by atoms with Gasteiger partial charge in [0.1, 0.15) is 5.69 Å². The van der Waals surface area contributed by atoms with Crippen molar-refractivity contribution < 1.29 is 13.2 Å². The summed E-state index contributed by atoms with van der Waals surface area (Å²) in [6.07, 6.45) is -2.99. The van der Waals surface area contributed by atoms with E-state index in [4.69, 9.17) is 5.26 Å². The Morgan fingerprint density at radius 3 is 2.60 bits per heavy atom. The van der Waals surface area contributed by atoms with Crippen LogP contribution < -0.4 is 0 Å². The van der Waals surface area contributed by atoms with Gasteiger partial charge >= 0.3 is 0 Å². The Balaban J connectivity index is 3.24. The van der Waals surface area contributed by atoms with Gasteiger partial charge in [-0.3, -0.25) is 0 Å². The summed E-state index contributed by atoms with van der Waals surface area (Å²) in [7, 11) is 0. The number of aromatic nitrogens is 1. The van der Waals surface area contributed by atoms with E-state index in [2.05, 4.69) is 20.9 Å². The van der Waals surface area contributed by atoms with Crippen LogP contribution in [0, 0.1) is 17.3 Å². The molecule has 0 aromatic carbocycles. The van der Waals surface area contributed by atoms with Gasteiger partial charge < -0.3 is 0 Å². The minimum atomic E-state index is -2.82. The second-order valence-corrected chi connectivity index (χ2v) is 3.31. The van der Waals surface area contributed by atoms with Gasteiger partial charge in [-0.25, -0.2) is 13.8 Å². The van der Waals surface area contributed by atoms with Crippen LogP contribution in [-0.4, -0.2) is 4.98 Å². The highest BCUT2D eigenvalue weighted by molar-refractivity contribution is 9.08. The number of rotatable bonds is 3. The molecule has 0 aliphatic carbocycles. The molecule has 0 saturated heterocycles. The first-order valence-electron chi connectivity index (χ1n) is 3.99. The maximum absolute atomic E-state index is 13.1. The van der Waals surface area contributed by atoms with E-state index in [1.807, 2.05) is 0 Å². The molecular weight excluding hydrogens is 273 g/mol. The summed E-state index contributed by atoms with van der Waals surface area (Å²) in [5.74, 6) is -1.00. The molecule has 1 aromatic rings. The minimum Gasteiger partial charge on any atom is -0.218 e. The number of alkyl halides is 3. The van der Waals surface area contributed by atoms with E-state index < -0.39 is 18.1 Å². The van der Waals surface area contributed by atoms with Crippen LogP contribution in [0.25, 0.3) is 0 Å². The van der Waals surface area contributed by atoms with E-state index in [9.17, 15) is 13.2 Å². The predicted molar refractivity (Wildman–Crippen MR) is 51.1 cm³/mol. The predicted octanol–water partition coefficient (Wildman–Crippen LogP) is 3.12. The first-order valence-corrected chi connectivity index (χ1v) is 5.11. The molecule has 0 radical (unpaired) electrons. The van der Waals surface area contributed by atoms with Crippen molar-refractivity contribution in [2.45, 2.75) is 18.2 Å². The van der Waals surface area contributed by atoms with Gasteiger partial charge in [0, 0.05) is 10.9 Å².